The van der Waals surface area contributed by atoms with Gasteiger partial charge < -0.3 is 4.42 Å². The van der Waals surface area contributed by atoms with Crippen LogP contribution in [0, 0.1) is 10.1 Å². The van der Waals surface area contributed by atoms with Crippen LogP contribution in [0.5, 0.6) is 0 Å². The molecule has 7 nitrogen and oxygen atoms in total. The van der Waals surface area contributed by atoms with Crippen molar-refractivity contribution in [2.45, 2.75) is 0 Å². The molecule has 0 saturated carbocycles. The van der Waals surface area contributed by atoms with Gasteiger partial charge in [0.05, 0.1) is 43.8 Å². The highest BCUT2D eigenvalue weighted by atomic mass is 35.5. The monoisotopic (exact) mass is 526 g/mol. The maximum absolute atomic E-state index is 10.9. The van der Waals surface area contributed by atoms with E-state index in [1.54, 1.807) is 41.1 Å². The van der Waals surface area contributed by atoms with Gasteiger partial charge >= 0.3 is 5.88 Å². The van der Waals surface area contributed by atoms with Crippen molar-refractivity contribution >= 4 is 75.5 Å². The van der Waals surface area contributed by atoms with Crippen LogP contribution >= 0.6 is 57.7 Å². The van der Waals surface area contributed by atoms with Crippen molar-refractivity contribution in [2.75, 3.05) is 0 Å². The van der Waals surface area contributed by atoms with Crippen LogP contribution in [-0.4, -0.2) is 15.8 Å². The maximum Gasteiger partial charge on any atom is 0.433 e. The Bertz CT molecular complexity index is 1420. The molecule has 2 aromatic heterocycles. The lowest BCUT2D eigenvalue weighted by Gasteiger charge is -2.05. The van der Waals surface area contributed by atoms with E-state index in [4.69, 9.17) is 50.8 Å². The molecular formula is C20H10Cl4N4O3S. The number of halogens is 4. The number of nitrogens with zero attached hydrogens (tertiary/aromatic N) is 4. The Hall–Kier alpha value is -2.62. The number of nitro groups is 1. The van der Waals surface area contributed by atoms with E-state index >= 15 is 0 Å². The predicted molar refractivity (Wildman–Crippen MR) is 128 cm³/mol. The van der Waals surface area contributed by atoms with Gasteiger partial charge in [0, 0.05) is 10.9 Å². The highest BCUT2D eigenvalue weighted by molar-refractivity contribution is 7.07. The molecule has 0 spiro atoms. The first kappa shape index (κ1) is 22.6. The highest BCUT2D eigenvalue weighted by Crippen LogP contribution is 2.30. The smallest absolute Gasteiger partial charge is 0.400 e. The molecule has 32 heavy (non-hydrogen) atoms. The Morgan fingerprint density at radius 2 is 1.69 bits per heavy atom. The lowest BCUT2D eigenvalue weighted by atomic mass is 10.2. The summed E-state index contributed by atoms with van der Waals surface area (Å²) in [6.45, 7) is 0. The second-order valence-corrected chi connectivity index (χ2v) is 8.70. The highest BCUT2D eigenvalue weighted by Gasteiger charge is 2.12. The summed E-state index contributed by atoms with van der Waals surface area (Å²) in [5.41, 5.74) is 1.98. The molecule has 2 heterocycles. The maximum atomic E-state index is 10.9. The molecule has 0 aliphatic heterocycles. The minimum Gasteiger partial charge on any atom is -0.400 e. The van der Waals surface area contributed by atoms with Gasteiger partial charge in [0.25, 0.3) is 0 Å². The molecule has 0 unspecified atom stereocenters. The van der Waals surface area contributed by atoms with Crippen LogP contribution in [0.1, 0.15) is 5.76 Å². The van der Waals surface area contributed by atoms with E-state index in [1.165, 1.54) is 29.7 Å². The predicted octanol–water partition coefficient (Wildman–Crippen LogP) is 7.45. The van der Waals surface area contributed by atoms with Crippen molar-refractivity contribution < 1.29 is 9.34 Å². The number of furan rings is 1. The van der Waals surface area contributed by atoms with E-state index in [2.05, 4.69) is 10.1 Å². The fraction of sp³-hybridized carbons (Fsp3) is 0. The summed E-state index contributed by atoms with van der Waals surface area (Å²) >= 11 is 25.6. The molecule has 0 aliphatic carbocycles. The molecule has 0 bridgehead atoms. The van der Waals surface area contributed by atoms with Gasteiger partial charge in [-0.2, -0.15) is 5.10 Å². The van der Waals surface area contributed by atoms with E-state index < -0.39 is 4.92 Å². The average Bonchev–Trinajstić information content (AvgIpc) is 3.38. The first-order valence-corrected chi connectivity index (χ1v) is 11.2. The molecular weight excluding hydrogens is 518 g/mol. The van der Waals surface area contributed by atoms with Crippen LogP contribution in [0.2, 0.25) is 20.1 Å². The van der Waals surface area contributed by atoms with Crippen LogP contribution in [0.25, 0.3) is 11.3 Å². The summed E-state index contributed by atoms with van der Waals surface area (Å²) < 4.78 is 6.71. The van der Waals surface area contributed by atoms with Crippen LogP contribution in [0.4, 0.5) is 11.6 Å². The first-order chi connectivity index (χ1) is 15.3. The summed E-state index contributed by atoms with van der Waals surface area (Å²) in [5, 5.41) is 18.7. The minimum atomic E-state index is -0.624. The van der Waals surface area contributed by atoms with Crippen LogP contribution in [-0.2, 0) is 0 Å². The van der Waals surface area contributed by atoms with Gasteiger partial charge in [0.1, 0.15) is 4.92 Å². The number of thiazole rings is 1. The standard InChI is InChI=1S/C20H10Cl4N4O3S/c21-14-4-1-11(7-16(14)23)18-10-32-20(26-12-2-5-15(22)17(24)8-12)27(18)25-9-13-3-6-19(31-13)28(29)30/h1-10H. The van der Waals surface area contributed by atoms with Gasteiger partial charge in [-0.25, -0.2) is 9.67 Å². The van der Waals surface area contributed by atoms with Crippen LogP contribution in [0.3, 0.4) is 0 Å². The largest absolute Gasteiger partial charge is 0.433 e. The Morgan fingerprint density at radius 3 is 2.34 bits per heavy atom. The zero-order valence-electron chi connectivity index (χ0n) is 15.7. The first-order valence-electron chi connectivity index (χ1n) is 8.76. The van der Waals surface area contributed by atoms with Gasteiger partial charge in [-0.3, -0.25) is 10.1 Å². The molecule has 2 aromatic carbocycles. The van der Waals surface area contributed by atoms with Gasteiger partial charge in [-0.1, -0.05) is 52.5 Å². The van der Waals surface area contributed by atoms with Crippen molar-refractivity contribution in [3.05, 3.63) is 94.7 Å². The topological polar surface area (TPSA) is 85.9 Å². The van der Waals surface area contributed by atoms with Crippen molar-refractivity contribution in [3.63, 3.8) is 0 Å². The van der Waals surface area contributed by atoms with Crippen molar-refractivity contribution in [1.82, 2.24) is 4.68 Å². The third-order valence-corrected chi connectivity index (χ3v) is 6.42. The average molecular weight is 528 g/mol. The van der Waals surface area contributed by atoms with Crippen molar-refractivity contribution in [3.8, 4) is 11.3 Å². The molecule has 0 atom stereocenters. The lowest BCUT2D eigenvalue weighted by molar-refractivity contribution is -0.402. The summed E-state index contributed by atoms with van der Waals surface area (Å²) in [4.78, 5) is 15.3. The van der Waals surface area contributed by atoms with E-state index in [-0.39, 0.29) is 11.6 Å². The van der Waals surface area contributed by atoms with Gasteiger partial charge in [-0.15, -0.1) is 11.3 Å². The summed E-state index contributed by atoms with van der Waals surface area (Å²) in [6, 6.07) is 12.9. The van der Waals surface area contributed by atoms with Crippen LogP contribution < -0.4 is 4.80 Å². The van der Waals surface area contributed by atoms with E-state index in [0.717, 1.165) is 5.56 Å². The fourth-order valence-electron chi connectivity index (χ4n) is 2.63. The number of aromatic nitrogens is 1. The third kappa shape index (κ3) is 4.90. The van der Waals surface area contributed by atoms with Gasteiger partial charge in [-0.05, 0) is 36.4 Å². The Labute approximate surface area is 204 Å². The number of benzene rings is 2. The van der Waals surface area contributed by atoms with Crippen molar-refractivity contribution in [1.29, 1.82) is 0 Å². The SMILES string of the molecule is O=[N+]([O-])c1ccc(C=Nn2c(-c3ccc(Cl)c(Cl)c3)csc2=Nc2ccc(Cl)c(Cl)c2)o1. The molecule has 162 valence electrons. The summed E-state index contributed by atoms with van der Waals surface area (Å²) in [6.07, 6.45) is 1.36. The minimum absolute atomic E-state index is 0.205. The Balaban J connectivity index is 1.84. The summed E-state index contributed by atoms with van der Waals surface area (Å²) in [5.74, 6) is -0.178. The molecule has 4 rings (SSSR count). The second-order valence-electron chi connectivity index (χ2n) is 6.23. The molecule has 12 heteroatoms. The molecule has 0 fully saturated rings. The normalized spacial score (nSPS) is 12.1. The zero-order valence-corrected chi connectivity index (χ0v) is 19.5. The second kappa shape index (κ2) is 9.48. The third-order valence-electron chi connectivity index (χ3n) is 4.12. The number of hydrogen-bond acceptors (Lipinski definition) is 6. The molecule has 0 radical (unpaired) electrons. The van der Waals surface area contributed by atoms with E-state index in [1.807, 2.05) is 5.38 Å². The molecule has 0 amide bonds. The molecule has 0 aliphatic rings. The Kier molecular flexibility index (Phi) is 6.68. The summed E-state index contributed by atoms with van der Waals surface area (Å²) in [7, 11) is 0. The molecule has 0 N–H and O–H groups in total. The number of rotatable bonds is 5. The zero-order chi connectivity index (χ0) is 22.8. The number of hydrogen-bond donors (Lipinski definition) is 0. The van der Waals surface area contributed by atoms with Gasteiger partial charge in [0.15, 0.2) is 5.76 Å². The lowest BCUT2D eigenvalue weighted by Crippen LogP contribution is -2.11. The van der Waals surface area contributed by atoms with E-state index in [9.17, 15) is 10.1 Å². The quantitative estimate of drug-likeness (QED) is 0.153. The van der Waals surface area contributed by atoms with Crippen LogP contribution in [0.15, 0.2) is 68.4 Å². The van der Waals surface area contributed by atoms with Gasteiger partial charge in [0.2, 0.25) is 4.80 Å². The van der Waals surface area contributed by atoms with Crippen molar-refractivity contribution in [2.24, 2.45) is 10.1 Å². The fourth-order valence-corrected chi connectivity index (χ4v) is 4.08. The van der Waals surface area contributed by atoms with E-state index in [0.29, 0.717) is 36.3 Å². The molecule has 0 saturated heterocycles. The Morgan fingerprint density at radius 1 is 0.969 bits per heavy atom. The molecule has 4 aromatic rings.